The number of aliphatic hydroxyl groups excluding tert-OH is 1. The molecule has 34 heavy (non-hydrogen) atoms. The van der Waals surface area contributed by atoms with E-state index in [1.807, 2.05) is 0 Å². The van der Waals surface area contributed by atoms with E-state index in [4.69, 9.17) is 48.7 Å². The number of carbonyl (C=O) groups is 2. The molecule has 1 aliphatic heterocycles. The molecule has 1 aromatic heterocycles. The number of aryl methyl sites for hydroxylation is 1. The molecule has 0 saturated carbocycles. The maximum Gasteiger partial charge on any atom is 0.300 e. The van der Waals surface area contributed by atoms with Crippen LogP contribution in [-0.2, 0) is 9.59 Å². The highest BCUT2D eigenvalue weighted by Gasteiger charge is 2.49. The quantitative estimate of drug-likeness (QED) is 0.244. The minimum absolute atomic E-state index is 0.00336. The first kappa shape index (κ1) is 24.0. The zero-order chi connectivity index (χ0) is 24.7. The van der Waals surface area contributed by atoms with Crippen molar-refractivity contribution in [3.05, 3.63) is 80.2 Å². The summed E-state index contributed by atoms with van der Waals surface area (Å²) in [6.07, 6.45) is 1.41. The van der Waals surface area contributed by atoms with Crippen LogP contribution in [0, 0.1) is 6.92 Å². The highest BCUT2D eigenvalue weighted by Crippen LogP contribution is 2.48. The van der Waals surface area contributed by atoms with Crippen LogP contribution in [0.1, 0.15) is 22.9 Å². The molecule has 2 heterocycles. The number of hydrogen-bond acceptors (Lipinski definition) is 6. The molecule has 4 rings (SSSR count). The van der Waals surface area contributed by atoms with Gasteiger partial charge in [-0.1, -0.05) is 34.8 Å². The zero-order valence-electron chi connectivity index (χ0n) is 18.2. The summed E-state index contributed by atoms with van der Waals surface area (Å²) in [4.78, 5) is 27.8. The Balaban J connectivity index is 2.00. The van der Waals surface area contributed by atoms with Gasteiger partial charge in [0.1, 0.15) is 22.6 Å². The number of Topliss-reactive ketones (excluding diaryl/α,β-unsaturated/α-hetero) is 1. The number of carbonyl (C=O) groups excluding carboxylic acids is 2. The predicted octanol–water partition coefficient (Wildman–Crippen LogP) is 6.19. The molecular formula is C24H18Cl3NO6. The van der Waals surface area contributed by atoms with Crippen LogP contribution in [0.25, 0.3) is 5.76 Å². The second-order valence-corrected chi connectivity index (χ2v) is 8.62. The van der Waals surface area contributed by atoms with Crippen LogP contribution in [0.15, 0.2) is 52.7 Å². The molecule has 1 saturated heterocycles. The molecule has 176 valence electrons. The maximum absolute atomic E-state index is 13.3. The Labute approximate surface area is 210 Å². The van der Waals surface area contributed by atoms with Crippen LogP contribution < -0.4 is 14.4 Å². The van der Waals surface area contributed by atoms with Gasteiger partial charge in [-0.3, -0.25) is 14.5 Å². The van der Waals surface area contributed by atoms with Crippen molar-refractivity contribution in [1.82, 2.24) is 0 Å². The molecule has 1 unspecified atom stereocenters. The van der Waals surface area contributed by atoms with Crippen molar-refractivity contribution in [1.29, 1.82) is 0 Å². The number of furan rings is 1. The molecule has 0 aliphatic carbocycles. The van der Waals surface area contributed by atoms with Crippen molar-refractivity contribution >= 4 is 57.9 Å². The van der Waals surface area contributed by atoms with E-state index in [-0.39, 0.29) is 38.4 Å². The van der Waals surface area contributed by atoms with E-state index in [1.54, 1.807) is 37.3 Å². The third-order valence-electron chi connectivity index (χ3n) is 5.47. The molecule has 1 fully saturated rings. The SMILES string of the molecule is COc1c(Cl)cc(/C(O)=C2/C(=O)C(=O)N(c3ccc(Cl)cc3C)C2c2ccco2)c(OC)c1Cl. The Kier molecular flexibility index (Phi) is 6.53. The molecule has 0 spiro atoms. The summed E-state index contributed by atoms with van der Waals surface area (Å²) < 4.78 is 16.1. The van der Waals surface area contributed by atoms with Crippen molar-refractivity contribution < 1.29 is 28.6 Å². The number of benzene rings is 2. The fraction of sp³-hybridized carbons (Fsp3) is 0.167. The molecule has 0 bridgehead atoms. The van der Waals surface area contributed by atoms with E-state index < -0.39 is 23.5 Å². The minimum Gasteiger partial charge on any atom is -0.507 e. The Morgan fingerprint density at radius 3 is 2.35 bits per heavy atom. The lowest BCUT2D eigenvalue weighted by atomic mass is 9.98. The van der Waals surface area contributed by atoms with Crippen LogP contribution in [0.4, 0.5) is 5.69 Å². The van der Waals surface area contributed by atoms with Gasteiger partial charge in [0.25, 0.3) is 11.7 Å². The summed E-state index contributed by atoms with van der Waals surface area (Å²) in [6, 6.07) is 8.40. The van der Waals surface area contributed by atoms with Crippen LogP contribution >= 0.6 is 34.8 Å². The maximum atomic E-state index is 13.3. The van der Waals surface area contributed by atoms with Crippen LogP contribution in [0.2, 0.25) is 15.1 Å². The monoisotopic (exact) mass is 521 g/mol. The number of amides is 1. The molecule has 0 radical (unpaired) electrons. The van der Waals surface area contributed by atoms with Crippen molar-refractivity contribution in [2.24, 2.45) is 0 Å². The van der Waals surface area contributed by atoms with E-state index in [9.17, 15) is 14.7 Å². The van der Waals surface area contributed by atoms with Gasteiger partial charge >= 0.3 is 0 Å². The first-order valence-electron chi connectivity index (χ1n) is 9.92. The molecule has 1 aliphatic rings. The van der Waals surface area contributed by atoms with Gasteiger partial charge < -0.3 is 19.0 Å². The smallest absolute Gasteiger partial charge is 0.300 e. The largest absolute Gasteiger partial charge is 0.507 e. The van der Waals surface area contributed by atoms with Gasteiger partial charge in [-0.15, -0.1) is 0 Å². The highest BCUT2D eigenvalue weighted by molar-refractivity contribution is 6.52. The summed E-state index contributed by atoms with van der Waals surface area (Å²) in [5.41, 5.74) is 0.884. The number of ether oxygens (including phenoxy) is 2. The second-order valence-electron chi connectivity index (χ2n) is 7.40. The van der Waals surface area contributed by atoms with Crippen LogP contribution in [-0.4, -0.2) is 31.0 Å². The average molecular weight is 523 g/mol. The lowest BCUT2D eigenvalue weighted by Crippen LogP contribution is -2.29. The average Bonchev–Trinajstić information content (AvgIpc) is 3.41. The normalized spacial score (nSPS) is 17.4. The van der Waals surface area contributed by atoms with Gasteiger partial charge in [0.2, 0.25) is 0 Å². The van der Waals surface area contributed by atoms with Crippen molar-refractivity contribution in [2.45, 2.75) is 13.0 Å². The van der Waals surface area contributed by atoms with Gasteiger partial charge in [-0.05, 0) is 48.9 Å². The Bertz CT molecular complexity index is 1330. The van der Waals surface area contributed by atoms with Gasteiger partial charge in [-0.25, -0.2) is 0 Å². The van der Waals surface area contributed by atoms with Crippen LogP contribution in [0.5, 0.6) is 11.5 Å². The molecule has 1 atom stereocenters. The third kappa shape index (κ3) is 3.79. The first-order valence-corrected chi connectivity index (χ1v) is 11.1. The number of aliphatic hydroxyl groups is 1. The van der Waals surface area contributed by atoms with Gasteiger partial charge in [0, 0.05) is 10.7 Å². The number of halogens is 3. The van der Waals surface area contributed by atoms with Gasteiger partial charge in [0.05, 0.1) is 36.6 Å². The summed E-state index contributed by atoms with van der Waals surface area (Å²) in [5, 5.41) is 11.9. The fourth-order valence-corrected chi connectivity index (χ4v) is 4.89. The molecule has 1 N–H and O–H groups in total. The van der Waals surface area contributed by atoms with E-state index in [2.05, 4.69) is 0 Å². The van der Waals surface area contributed by atoms with Gasteiger partial charge in [-0.2, -0.15) is 0 Å². The van der Waals surface area contributed by atoms with Gasteiger partial charge in [0.15, 0.2) is 11.5 Å². The summed E-state index contributed by atoms with van der Waals surface area (Å²) in [7, 11) is 2.72. The minimum atomic E-state index is -1.07. The highest BCUT2D eigenvalue weighted by atomic mass is 35.5. The van der Waals surface area contributed by atoms with E-state index in [0.29, 0.717) is 16.3 Å². The summed E-state index contributed by atoms with van der Waals surface area (Å²) >= 11 is 18.7. The summed E-state index contributed by atoms with van der Waals surface area (Å²) in [5.74, 6) is -1.88. The lowest BCUT2D eigenvalue weighted by molar-refractivity contribution is -0.132. The van der Waals surface area contributed by atoms with E-state index in [0.717, 1.165) is 0 Å². The topological polar surface area (TPSA) is 89.2 Å². The second kappa shape index (κ2) is 9.25. The molecule has 10 heteroatoms. The van der Waals surface area contributed by atoms with Crippen LogP contribution in [0.3, 0.4) is 0 Å². The number of anilines is 1. The molecular weight excluding hydrogens is 505 g/mol. The van der Waals surface area contributed by atoms with E-state index in [1.165, 1.54) is 31.4 Å². The van der Waals surface area contributed by atoms with E-state index >= 15 is 0 Å². The molecule has 1 amide bonds. The first-order chi connectivity index (χ1) is 16.2. The number of ketones is 1. The standard InChI is InChI=1S/C24H18Cl3NO6/c1-11-9-12(25)6-7-15(11)28-19(16-5-4-8-34-16)17(21(30)24(28)31)20(29)13-10-14(26)23(33-3)18(27)22(13)32-2/h4-10,19,29H,1-3H3/b20-17-. The Morgan fingerprint density at radius 2 is 1.76 bits per heavy atom. The summed E-state index contributed by atoms with van der Waals surface area (Å²) in [6.45, 7) is 1.76. The number of hydrogen-bond donors (Lipinski definition) is 1. The molecule has 3 aromatic rings. The lowest BCUT2D eigenvalue weighted by Gasteiger charge is -2.25. The van der Waals surface area contributed by atoms with Crippen molar-refractivity contribution in [3.8, 4) is 11.5 Å². The van der Waals surface area contributed by atoms with Crippen molar-refractivity contribution in [3.63, 3.8) is 0 Å². The Morgan fingerprint density at radius 1 is 1.06 bits per heavy atom. The predicted molar refractivity (Wildman–Crippen MR) is 129 cm³/mol. The molecule has 2 aromatic carbocycles. The number of methoxy groups -OCH3 is 2. The zero-order valence-corrected chi connectivity index (χ0v) is 20.5. The Hall–Kier alpha value is -3.13. The molecule has 7 nitrogen and oxygen atoms in total. The number of rotatable bonds is 5. The third-order valence-corrected chi connectivity index (χ3v) is 6.33. The fourth-order valence-electron chi connectivity index (χ4n) is 3.98. The van der Waals surface area contributed by atoms with Crippen molar-refractivity contribution in [2.75, 3.05) is 19.1 Å². The number of nitrogens with zero attached hydrogens (tertiary/aromatic N) is 1.